The molecule has 1 aromatic carbocycles. The lowest BCUT2D eigenvalue weighted by Gasteiger charge is -2.20. The van der Waals surface area contributed by atoms with Gasteiger partial charge in [0.25, 0.3) is 0 Å². The Hall–Kier alpha value is -3.31. The highest BCUT2D eigenvalue weighted by Gasteiger charge is 2.25. The summed E-state index contributed by atoms with van der Waals surface area (Å²) >= 11 is 3.58. The van der Waals surface area contributed by atoms with Crippen molar-refractivity contribution in [2.24, 2.45) is 0 Å². The Balaban J connectivity index is 1.15. The van der Waals surface area contributed by atoms with Gasteiger partial charge in [-0.1, -0.05) is 31.2 Å². The molecule has 1 amide bonds. The zero-order valence-corrected chi connectivity index (χ0v) is 24.8. The minimum absolute atomic E-state index is 0.0886. The van der Waals surface area contributed by atoms with Gasteiger partial charge in [-0.2, -0.15) is 0 Å². The summed E-state index contributed by atoms with van der Waals surface area (Å²) in [7, 11) is 3.97. The summed E-state index contributed by atoms with van der Waals surface area (Å²) in [4.78, 5) is 35.3. The lowest BCUT2D eigenvalue weighted by atomic mass is 10.1. The molecule has 0 bridgehead atoms. The zero-order valence-electron chi connectivity index (χ0n) is 23.2. The van der Waals surface area contributed by atoms with Crippen molar-refractivity contribution in [3.63, 3.8) is 0 Å². The van der Waals surface area contributed by atoms with E-state index in [4.69, 9.17) is 0 Å². The van der Waals surface area contributed by atoms with Crippen molar-refractivity contribution in [1.29, 1.82) is 0 Å². The van der Waals surface area contributed by atoms with Crippen LogP contribution < -0.4 is 5.32 Å². The number of carbonyl (C=O) groups excluding carboxylic acids is 1. The number of hydrogen-bond donors (Lipinski definition) is 3. The molecular weight excluding hydrogens is 539 g/mol. The largest absolute Gasteiger partial charge is 0.341 e. The summed E-state index contributed by atoms with van der Waals surface area (Å²) in [5.74, 6) is 1.97. The normalized spacial score (nSPS) is 15.8. The van der Waals surface area contributed by atoms with E-state index in [1.54, 1.807) is 18.4 Å². The first kappa shape index (κ1) is 26.9. The molecule has 3 N–H and O–H groups in total. The number of rotatable bonds is 10. The summed E-state index contributed by atoms with van der Waals surface area (Å²) in [5.41, 5.74) is 4.44. The number of imidazole rings is 2. The van der Waals surface area contributed by atoms with Crippen LogP contribution in [-0.4, -0.2) is 69.4 Å². The van der Waals surface area contributed by atoms with Crippen LogP contribution in [0.4, 0.5) is 0 Å². The van der Waals surface area contributed by atoms with E-state index in [-0.39, 0.29) is 5.91 Å². The van der Waals surface area contributed by atoms with Gasteiger partial charge in [-0.25, -0.2) is 9.97 Å². The molecule has 1 unspecified atom stereocenters. The molecule has 0 radical (unpaired) electrons. The molecule has 40 heavy (non-hydrogen) atoms. The second-order valence-corrected chi connectivity index (χ2v) is 12.6. The van der Waals surface area contributed by atoms with Gasteiger partial charge in [0, 0.05) is 20.8 Å². The van der Waals surface area contributed by atoms with Crippen molar-refractivity contribution in [2.45, 2.75) is 38.8 Å². The average molecular weight is 574 g/mol. The number of aromatic amines is 2. The first-order chi connectivity index (χ1) is 19.5. The van der Waals surface area contributed by atoms with Crippen LogP contribution in [0.3, 0.4) is 0 Å². The van der Waals surface area contributed by atoms with E-state index in [1.165, 1.54) is 26.3 Å². The maximum absolute atomic E-state index is 12.4. The van der Waals surface area contributed by atoms with Crippen molar-refractivity contribution in [3.05, 3.63) is 60.4 Å². The maximum atomic E-state index is 12.4. The van der Waals surface area contributed by atoms with Gasteiger partial charge in [0.15, 0.2) is 0 Å². The number of benzene rings is 1. The van der Waals surface area contributed by atoms with Gasteiger partial charge in [-0.15, -0.1) is 22.7 Å². The predicted molar refractivity (Wildman–Crippen MR) is 165 cm³/mol. The topological polar surface area (TPSA) is 92.9 Å². The second-order valence-electron chi connectivity index (χ2n) is 10.4. The summed E-state index contributed by atoms with van der Waals surface area (Å²) in [6.45, 7) is 4.76. The Morgan fingerprint density at radius 1 is 1.05 bits per heavy atom. The SMILES string of the molecule is CCCN(Cc1ncc(-c2cc3sc(-c4ccc(-c5cnc(C6CCCN6C)[nH]5)cc4)cc3s2)[nH]1)C(=O)CNC. The van der Waals surface area contributed by atoms with Crippen molar-refractivity contribution in [3.8, 4) is 32.3 Å². The quantitative estimate of drug-likeness (QED) is 0.187. The highest BCUT2D eigenvalue weighted by atomic mass is 32.1. The summed E-state index contributed by atoms with van der Waals surface area (Å²) in [5, 5.41) is 2.95. The molecule has 5 heterocycles. The number of nitrogens with zero attached hydrogens (tertiary/aromatic N) is 4. The standard InChI is InChI=1S/C30H35N7OS2/c1-4-11-37(29(38)17-31-2)18-28-32-16-22(34-28)25-14-27-26(40-25)13-24(39-27)20-9-7-19(8-10-20)21-15-33-30(35-21)23-6-5-12-36(23)3/h7-10,13-16,23,31H,4-6,11-12,17-18H2,1-3H3,(H,32,34)(H,33,35). The summed E-state index contributed by atoms with van der Waals surface area (Å²) < 4.78 is 2.54. The molecule has 0 spiro atoms. The van der Waals surface area contributed by atoms with E-state index in [0.717, 1.165) is 59.4 Å². The third-order valence-electron chi connectivity index (χ3n) is 7.53. The van der Waals surface area contributed by atoms with Crippen LogP contribution in [0, 0.1) is 0 Å². The third-order valence-corrected chi connectivity index (χ3v) is 9.90. The summed E-state index contributed by atoms with van der Waals surface area (Å²) in [6, 6.07) is 13.7. The van der Waals surface area contributed by atoms with Crippen LogP contribution in [0.15, 0.2) is 48.8 Å². The minimum Gasteiger partial charge on any atom is -0.341 e. The van der Waals surface area contributed by atoms with Gasteiger partial charge in [0.05, 0.1) is 47.8 Å². The van der Waals surface area contributed by atoms with Crippen LogP contribution in [0.25, 0.3) is 41.7 Å². The van der Waals surface area contributed by atoms with E-state index in [2.05, 4.69) is 80.5 Å². The van der Waals surface area contributed by atoms with E-state index < -0.39 is 0 Å². The smallest absolute Gasteiger partial charge is 0.236 e. The number of amides is 1. The van der Waals surface area contributed by atoms with E-state index in [9.17, 15) is 4.79 Å². The van der Waals surface area contributed by atoms with Gasteiger partial charge in [-0.3, -0.25) is 9.69 Å². The van der Waals surface area contributed by atoms with Crippen LogP contribution in [0.5, 0.6) is 0 Å². The predicted octanol–water partition coefficient (Wildman–Crippen LogP) is 6.13. The first-order valence-corrected chi connectivity index (χ1v) is 15.5. The monoisotopic (exact) mass is 573 g/mol. The molecule has 1 fully saturated rings. The highest BCUT2D eigenvalue weighted by Crippen LogP contribution is 2.41. The number of hydrogen-bond acceptors (Lipinski definition) is 7. The molecule has 1 atom stereocenters. The van der Waals surface area contributed by atoms with E-state index in [1.807, 2.05) is 28.6 Å². The second kappa shape index (κ2) is 11.7. The molecule has 1 aliphatic rings. The molecule has 0 saturated carbocycles. The minimum atomic E-state index is 0.0886. The molecule has 5 aromatic rings. The number of likely N-dealkylation sites (N-methyl/N-ethyl adjacent to an activating group) is 1. The lowest BCUT2D eigenvalue weighted by Crippen LogP contribution is -2.37. The number of nitrogens with one attached hydrogen (secondary N) is 3. The van der Waals surface area contributed by atoms with E-state index >= 15 is 0 Å². The summed E-state index contributed by atoms with van der Waals surface area (Å²) in [6.07, 6.45) is 7.14. The molecule has 1 aliphatic heterocycles. The molecule has 6 rings (SSSR count). The molecule has 1 saturated heterocycles. The number of aromatic nitrogens is 4. The fourth-order valence-corrected chi connectivity index (χ4v) is 7.77. The zero-order chi connectivity index (χ0) is 27.6. The Bertz CT molecular complexity index is 1560. The van der Waals surface area contributed by atoms with Crippen LogP contribution in [0.1, 0.15) is 43.9 Å². The van der Waals surface area contributed by atoms with Crippen LogP contribution >= 0.6 is 22.7 Å². The fourth-order valence-electron chi connectivity index (χ4n) is 5.41. The van der Waals surface area contributed by atoms with Gasteiger partial charge in [-0.05, 0) is 63.2 Å². The molecule has 0 aliphatic carbocycles. The third kappa shape index (κ3) is 5.49. The Labute approximate surface area is 242 Å². The molecule has 4 aromatic heterocycles. The van der Waals surface area contributed by atoms with Crippen molar-refractivity contribution in [2.75, 3.05) is 33.7 Å². The van der Waals surface area contributed by atoms with Crippen LogP contribution in [-0.2, 0) is 11.3 Å². The number of fused-ring (bicyclic) bond motifs is 1. The van der Waals surface area contributed by atoms with Gasteiger partial charge in [0.1, 0.15) is 11.6 Å². The Kier molecular flexibility index (Phi) is 7.84. The van der Waals surface area contributed by atoms with Gasteiger partial charge in [0.2, 0.25) is 5.91 Å². The lowest BCUT2D eigenvalue weighted by molar-refractivity contribution is -0.130. The molecule has 208 valence electrons. The van der Waals surface area contributed by atoms with Crippen molar-refractivity contribution in [1.82, 2.24) is 35.1 Å². The average Bonchev–Trinajstić information content (AvgIpc) is 3.77. The Morgan fingerprint density at radius 2 is 1.77 bits per heavy atom. The first-order valence-electron chi connectivity index (χ1n) is 13.9. The highest BCUT2D eigenvalue weighted by molar-refractivity contribution is 7.31. The fraction of sp³-hybridized carbons (Fsp3) is 0.367. The van der Waals surface area contributed by atoms with Gasteiger partial charge >= 0.3 is 0 Å². The Morgan fingerprint density at radius 3 is 2.50 bits per heavy atom. The van der Waals surface area contributed by atoms with E-state index in [0.29, 0.717) is 19.1 Å². The molecule has 10 heteroatoms. The number of H-pyrrole nitrogens is 2. The van der Waals surface area contributed by atoms with Gasteiger partial charge < -0.3 is 20.2 Å². The van der Waals surface area contributed by atoms with Crippen molar-refractivity contribution < 1.29 is 4.79 Å². The van der Waals surface area contributed by atoms with Crippen molar-refractivity contribution >= 4 is 38.0 Å². The number of likely N-dealkylation sites (tertiary alicyclic amines) is 1. The van der Waals surface area contributed by atoms with Crippen LogP contribution in [0.2, 0.25) is 0 Å². The maximum Gasteiger partial charge on any atom is 0.236 e. The number of carbonyl (C=O) groups is 1. The molecular formula is C30H35N7OS2. The molecule has 8 nitrogen and oxygen atoms in total. The number of thiophene rings is 2.